The van der Waals surface area contributed by atoms with Gasteiger partial charge in [0.05, 0.1) is 6.54 Å². The summed E-state index contributed by atoms with van der Waals surface area (Å²) in [5.74, 6) is 2.42. The van der Waals surface area contributed by atoms with Gasteiger partial charge in [-0.05, 0) is 36.6 Å². The maximum absolute atomic E-state index is 14.4. The number of fused-ring (bicyclic) bond motifs is 1. The van der Waals surface area contributed by atoms with Crippen LogP contribution in [0.15, 0.2) is 48.5 Å². The van der Waals surface area contributed by atoms with Gasteiger partial charge in [-0.2, -0.15) is 0 Å². The summed E-state index contributed by atoms with van der Waals surface area (Å²) >= 11 is 0. The molecule has 1 fully saturated rings. The van der Waals surface area contributed by atoms with Crippen molar-refractivity contribution in [1.82, 2.24) is 25.0 Å². The maximum atomic E-state index is 14.4. The summed E-state index contributed by atoms with van der Waals surface area (Å²) in [4.78, 5) is 2.48. The number of benzene rings is 2. The Morgan fingerprint density at radius 1 is 1.00 bits per heavy atom. The van der Waals surface area contributed by atoms with E-state index in [2.05, 4.69) is 31.0 Å². The number of nitrogens with zero attached hydrogens (tertiary/aromatic N) is 4. The predicted octanol–water partition coefficient (Wildman–Crippen LogP) is 3.57. The van der Waals surface area contributed by atoms with E-state index in [9.17, 15) is 4.39 Å². The molecule has 0 bridgehead atoms. The summed E-state index contributed by atoms with van der Waals surface area (Å²) in [5.41, 5.74) is 2.83. The normalized spacial score (nSPS) is 19.8. The van der Waals surface area contributed by atoms with Gasteiger partial charge in [-0.15, -0.1) is 10.2 Å². The van der Waals surface area contributed by atoms with Crippen LogP contribution in [0.5, 0.6) is 0 Å². The standard InChI is InChI=1S/C23H26FN5/c24-21-10-4-3-9-20(21)19-8-2-1-6-17(19)15-28-12-5-7-18(16-28)23-27-26-22-14-25-11-13-29(22)23/h1-4,6,8-10,18,25H,5,7,11-16H2. The Kier molecular flexibility index (Phi) is 5.12. The summed E-state index contributed by atoms with van der Waals surface area (Å²) < 4.78 is 16.7. The minimum Gasteiger partial charge on any atom is -0.312 e. The topological polar surface area (TPSA) is 46.0 Å². The number of aromatic nitrogens is 3. The van der Waals surface area contributed by atoms with Crippen LogP contribution in [0.4, 0.5) is 4.39 Å². The van der Waals surface area contributed by atoms with Crippen molar-refractivity contribution < 1.29 is 4.39 Å². The third kappa shape index (κ3) is 3.70. The van der Waals surface area contributed by atoms with Crippen molar-refractivity contribution >= 4 is 0 Å². The van der Waals surface area contributed by atoms with Crippen molar-refractivity contribution in [1.29, 1.82) is 0 Å². The van der Waals surface area contributed by atoms with Crippen LogP contribution in [0.1, 0.15) is 36.0 Å². The summed E-state index contributed by atoms with van der Waals surface area (Å²) in [5, 5.41) is 12.3. The van der Waals surface area contributed by atoms with Gasteiger partial charge in [0, 0.05) is 37.7 Å². The molecule has 0 radical (unpaired) electrons. The van der Waals surface area contributed by atoms with E-state index in [0.29, 0.717) is 11.5 Å². The van der Waals surface area contributed by atoms with Gasteiger partial charge in [0.2, 0.25) is 0 Å². The molecule has 5 rings (SSSR count). The van der Waals surface area contributed by atoms with Crippen molar-refractivity contribution in [3.8, 4) is 11.1 Å². The van der Waals surface area contributed by atoms with Gasteiger partial charge in [0.25, 0.3) is 0 Å². The number of rotatable bonds is 4. The molecule has 1 atom stereocenters. The van der Waals surface area contributed by atoms with E-state index in [-0.39, 0.29) is 5.82 Å². The molecule has 1 unspecified atom stereocenters. The highest BCUT2D eigenvalue weighted by Gasteiger charge is 2.28. The van der Waals surface area contributed by atoms with Crippen LogP contribution in [-0.4, -0.2) is 39.3 Å². The average Bonchev–Trinajstić information content (AvgIpc) is 3.19. The lowest BCUT2D eigenvalue weighted by molar-refractivity contribution is 0.194. The van der Waals surface area contributed by atoms with E-state index in [4.69, 9.17) is 0 Å². The molecule has 3 aromatic rings. The molecule has 6 heteroatoms. The highest BCUT2D eigenvalue weighted by atomic mass is 19.1. The molecule has 3 heterocycles. The second kappa shape index (κ2) is 8.05. The van der Waals surface area contributed by atoms with E-state index < -0.39 is 0 Å². The molecule has 2 aromatic carbocycles. The molecule has 0 spiro atoms. The maximum Gasteiger partial charge on any atom is 0.147 e. The Bertz CT molecular complexity index is 998. The summed E-state index contributed by atoms with van der Waals surface area (Å²) in [6, 6.07) is 15.2. The molecule has 5 nitrogen and oxygen atoms in total. The molecule has 150 valence electrons. The van der Waals surface area contributed by atoms with Crippen molar-refractivity contribution in [2.45, 2.75) is 38.4 Å². The lowest BCUT2D eigenvalue weighted by atomic mass is 9.94. The highest BCUT2D eigenvalue weighted by Crippen LogP contribution is 2.31. The molecule has 2 aliphatic heterocycles. The molecular weight excluding hydrogens is 365 g/mol. The van der Waals surface area contributed by atoms with Crippen molar-refractivity contribution in [3.63, 3.8) is 0 Å². The van der Waals surface area contributed by atoms with Crippen LogP contribution in [0.3, 0.4) is 0 Å². The van der Waals surface area contributed by atoms with Crippen molar-refractivity contribution in [3.05, 3.63) is 71.6 Å². The fraction of sp³-hybridized carbons (Fsp3) is 0.391. The first-order valence-corrected chi connectivity index (χ1v) is 10.5. The fourth-order valence-electron chi connectivity index (χ4n) is 4.67. The van der Waals surface area contributed by atoms with Crippen LogP contribution < -0.4 is 5.32 Å². The minimum absolute atomic E-state index is 0.167. The number of likely N-dealkylation sites (tertiary alicyclic amines) is 1. The van der Waals surface area contributed by atoms with Gasteiger partial charge in [-0.3, -0.25) is 4.90 Å². The van der Waals surface area contributed by atoms with Gasteiger partial charge in [-0.25, -0.2) is 4.39 Å². The molecule has 1 saturated heterocycles. The minimum atomic E-state index is -0.167. The Morgan fingerprint density at radius 3 is 2.72 bits per heavy atom. The smallest absolute Gasteiger partial charge is 0.147 e. The van der Waals surface area contributed by atoms with E-state index in [0.717, 1.165) is 69.3 Å². The summed E-state index contributed by atoms with van der Waals surface area (Å²) in [7, 11) is 0. The number of nitrogens with one attached hydrogen (secondary N) is 1. The molecule has 0 amide bonds. The quantitative estimate of drug-likeness (QED) is 0.739. The highest BCUT2D eigenvalue weighted by molar-refractivity contribution is 5.67. The zero-order chi connectivity index (χ0) is 19.6. The lowest BCUT2D eigenvalue weighted by Gasteiger charge is -2.33. The predicted molar refractivity (Wildman–Crippen MR) is 111 cm³/mol. The number of piperidine rings is 1. The van der Waals surface area contributed by atoms with E-state index in [1.807, 2.05) is 30.3 Å². The third-order valence-electron chi connectivity index (χ3n) is 6.10. The Morgan fingerprint density at radius 2 is 1.83 bits per heavy atom. The van der Waals surface area contributed by atoms with Gasteiger partial charge in [0.1, 0.15) is 17.5 Å². The first-order valence-electron chi connectivity index (χ1n) is 10.5. The molecular formula is C23H26FN5. The first kappa shape index (κ1) is 18.5. The van der Waals surface area contributed by atoms with Crippen LogP contribution in [0, 0.1) is 5.82 Å². The van der Waals surface area contributed by atoms with Crippen molar-refractivity contribution in [2.75, 3.05) is 19.6 Å². The molecule has 1 aromatic heterocycles. The van der Waals surface area contributed by atoms with Crippen LogP contribution in [-0.2, 0) is 19.6 Å². The van der Waals surface area contributed by atoms with E-state index in [1.54, 1.807) is 6.07 Å². The third-order valence-corrected chi connectivity index (χ3v) is 6.10. The van der Waals surface area contributed by atoms with Gasteiger partial charge in [-0.1, -0.05) is 42.5 Å². The zero-order valence-electron chi connectivity index (χ0n) is 16.5. The second-order valence-corrected chi connectivity index (χ2v) is 8.01. The molecule has 29 heavy (non-hydrogen) atoms. The van der Waals surface area contributed by atoms with Gasteiger partial charge < -0.3 is 9.88 Å². The molecule has 2 aliphatic rings. The van der Waals surface area contributed by atoms with Gasteiger partial charge in [0.15, 0.2) is 0 Å². The molecule has 1 N–H and O–H groups in total. The Labute approximate surface area is 170 Å². The van der Waals surface area contributed by atoms with Crippen molar-refractivity contribution in [2.24, 2.45) is 0 Å². The summed E-state index contributed by atoms with van der Waals surface area (Å²) in [6.45, 7) is 5.58. The van der Waals surface area contributed by atoms with E-state index >= 15 is 0 Å². The SMILES string of the molecule is Fc1ccccc1-c1ccccc1CN1CCCC(c2nnc3n2CCNC3)C1. The first-order chi connectivity index (χ1) is 14.3. The van der Waals surface area contributed by atoms with Crippen LogP contribution in [0.25, 0.3) is 11.1 Å². The lowest BCUT2D eigenvalue weighted by Crippen LogP contribution is -2.36. The fourth-order valence-corrected chi connectivity index (χ4v) is 4.67. The summed E-state index contributed by atoms with van der Waals surface area (Å²) in [6.07, 6.45) is 2.30. The average molecular weight is 391 g/mol. The number of halogens is 1. The molecule has 0 aliphatic carbocycles. The Balaban J connectivity index is 1.37. The van der Waals surface area contributed by atoms with Crippen LogP contribution in [0.2, 0.25) is 0 Å². The number of hydrogen-bond donors (Lipinski definition) is 1. The monoisotopic (exact) mass is 391 g/mol. The zero-order valence-corrected chi connectivity index (χ0v) is 16.5. The van der Waals surface area contributed by atoms with Gasteiger partial charge >= 0.3 is 0 Å². The van der Waals surface area contributed by atoms with Crippen LogP contribution >= 0.6 is 0 Å². The largest absolute Gasteiger partial charge is 0.312 e. The molecule has 0 saturated carbocycles. The Hall–Kier alpha value is -2.57. The number of hydrogen-bond acceptors (Lipinski definition) is 4. The second-order valence-electron chi connectivity index (χ2n) is 8.01. The van der Waals surface area contributed by atoms with E-state index in [1.165, 1.54) is 11.6 Å².